The number of methoxy groups -OCH3 is 1. The van der Waals surface area contributed by atoms with E-state index in [-0.39, 0.29) is 17.0 Å². The lowest BCUT2D eigenvalue weighted by Gasteiger charge is -2.23. The van der Waals surface area contributed by atoms with Crippen molar-refractivity contribution in [3.8, 4) is 23.1 Å². The number of fused-ring (bicyclic) bond motifs is 1. The SMILES string of the molecule is COc1cc2c(Oc3cccc(N/C=C/CN=C(N)/C=C(\O)C(C)(C)C)c3)ncnc2cc1OCC1CCNCC1. The number of piperidine rings is 1. The molecule has 0 unspecified atom stereocenters. The van der Waals surface area contributed by atoms with E-state index in [1.165, 1.54) is 12.4 Å². The van der Waals surface area contributed by atoms with E-state index in [0.29, 0.717) is 47.7 Å². The first-order valence-corrected chi connectivity index (χ1v) is 13.8. The summed E-state index contributed by atoms with van der Waals surface area (Å²) < 4.78 is 17.9. The molecule has 1 aliphatic heterocycles. The first-order valence-electron chi connectivity index (χ1n) is 13.8. The zero-order valence-corrected chi connectivity index (χ0v) is 24.2. The van der Waals surface area contributed by atoms with Crippen LogP contribution < -0.4 is 30.6 Å². The number of ether oxygens (including phenoxy) is 3. The highest BCUT2D eigenvalue weighted by Gasteiger charge is 2.18. The van der Waals surface area contributed by atoms with Crippen molar-refractivity contribution >= 4 is 22.4 Å². The van der Waals surface area contributed by atoms with Crippen LogP contribution in [0, 0.1) is 11.3 Å². The van der Waals surface area contributed by atoms with Gasteiger partial charge in [0.2, 0.25) is 5.88 Å². The maximum Gasteiger partial charge on any atom is 0.230 e. The van der Waals surface area contributed by atoms with Crippen molar-refractivity contribution in [1.29, 1.82) is 0 Å². The molecule has 5 N–H and O–H groups in total. The van der Waals surface area contributed by atoms with Crippen LogP contribution in [0.3, 0.4) is 0 Å². The van der Waals surface area contributed by atoms with Crippen molar-refractivity contribution in [3.05, 3.63) is 66.8 Å². The van der Waals surface area contributed by atoms with E-state index >= 15 is 0 Å². The van der Waals surface area contributed by atoms with Crippen molar-refractivity contribution in [2.45, 2.75) is 33.6 Å². The van der Waals surface area contributed by atoms with Gasteiger partial charge in [0.1, 0.15) is 23.7 Å². The molecule has 0 atom stereocenters. The van der Waals surface area contributed by atoms with E-state index in [9.17, 15) is 5.11 Å². The fraction of sp³-hybridized carbons (Fsp3) is 0.387. The molecule has 0 amide bonds. The van der Waals surface area contributed by atoms with Gasteiger partial charge in [0, 0.05) is 29.3 Å². The fourth-order valence-electron chi connectivity index (χ4n) is 4.18. The topological polar surface area (TPSA) is 136 Å². The summed E-state index contributed by atoms with van der Waals surface area (Å²) in [5.41, 5.74) is 7.04. The van der Waals surface area contributed by atoms with Crippen LogP contribution in [0.4, 0.5) is 5.69 Å². The third kappa shape index (κ3) is 8.59. The van der Waals surface area contributed by atoms with Gasteiger partial charge in [-0.3, -0.25) is 4.99 Å². The number of nitrogens with two attached hydrogens (primary N) is 1. The van der Waals surface area contributed by atoms with Crippen molar-refractivity contribution in [2.24, 2.45) is 22.1 Å². The monoisotopic (exact) mass is 560 g/mol. The molecule has 10 heteroatoms. The molecule has 1 aromatic heterocycles. The Morgan fingerprint density at radius 1 is 1.17 bits per heavy atom. The second-order valence-corrected chi connectivity index (χ2v) is 10.9. The van der Waals surface area contributed by atoms with Gasteiger partial charge in [-0.15, -0.1) is 0 Å². The highest BCUT2D eigenvalue weighted by atomic mass is 16.5. The van der Waals surface area contributed by atoms with Crippen molar-refractivity contribution in [1.82, 2.24) is 15.3 Å². The number of aliphatic hydroxyl groups excluding tert-OH is 1. The highest BCUT2D eigenvalue weighted by Crippen LogP contribution is 2.36. The van der Waals surface area contributed by atoms with Crippen molar-refractivity contribution < 1.29 is 19.3 Å². The average molecular weight is 561 g/mol. The quantitative estimate of drug-likeness (QED) is 0.135. The van der Waals surface area contributed by atoms with Gasteiger partial charge in [0.25, 0.3) is 0 Å². The summed E-state index contributed by atoms with van der Waals surface area (Å²) >= 11 is 0. The maximum atomic E-state index is 10.0. The third-order valence-electron chi connectivity index (χ3n) is 6.67. The molecule has 4 rings (SSSR count). The molecule has 2 aromatic carbocycles. The first kappa shape index (κ1) is 29.7. The minimum absolute atomic E-state index is 0.189. The number of benzene rings is 2. The van der Waals surface area contributed by atoms with Gasteiger partial charge in [-0.05, 0) is 62.3 Å². The number of rotatable bonds is 11. The Morgan fingerprint density at radius 2 is 1.98 bits per heavy atom. The number of anilines is 1. The lowest BCUT2D eigenvalue weighted by atomic mass is 9.93. The summed E-state index contributed by atoms with van der Waals surface area (Å²) in [6.07, 6.45) is 8.77. The van der Waals surface area contributed by atoms with Crippen molar-refractivity contribution in [3.63, 3.8) is 0 Å². The number of amidine groups is 1. The summed E-state index contributed by atoms with van der Waals surface area (Å²) in [5.74, 6) is 3.28. The van der Waals surface area contributed by atoms with Crippen LogP contribution in [0.2, 0.25) is 0 Å². The van der Waals surface area contributed by atoms with E-state index in [0.717, 1.165) is 37.0 Å². The number of hydrogen-bond acceptors (Lipinski definition) is 9. The molecule has 41 heavy (non-hydrogen) atoms. The largest absolute Gasteiger partial charge is 0.512 e. The van der Waals surface area contributed by atoms with Crippen LogP contribution in [0.15, 0.2) is 71.8 Å². The van der Waals surface area contributed by atoms with Gasteiger partial charge in [-0.25, -0.2) is 9.97 Å². The molecular weight excluding hydrogens is 520 g/mol. The van der Waals surface area contributed by atoms with Gasteiger partial charge in [-0.1, -0.05) is 26.8 Å². The lowest BCUT2D eigenvalue weighted by Crippen LogP contribution is -2.30. The minimum atomic E-state index is -0.376. The van der Waals surface area contributed by atoms with Crippen LogP contribution in [0.1, 0.15) is 33.6 Å². The van der Waals surface area contributed by atoms with Crippen molar-refractivity contribution in [2.75, 3.05) is 38.7 Å². The van der Waals surface area contributed by atoms with Gasteiger partial charge in [0.05, 0.1) is 31.2 Å². The van der Waals surface area contributed by atoms with Crippen LogP contribution >= 0.6 is 0 Å². The Hall–Kier alpha value is -4.31. The number of nitrogens with zero attached hydrogens (tertiary/aromatic N) is 3. The van der Waals surface area contributed by atoms with E-state index < -0.39 is 0 Å². The molecule has 0 aliphatic carbocycles. The zero-order chi connectivity index (χ0) is 29.2. The summed E-state index contributed by atoms with van der Waals surface area (Å²) in [4.78, 5) is 13.0. The molecular formula is C31H40N6O4. The Morgan fingerprint density at radius 3 is 2.73 bits per heavy atom. The van der Waals surface area contributed by atoms with E-state index in [1.807, 2.05) is 63.2 Å². The first-order chi connectivity index (χ1) is 19.7. The van der Waals surface area contributed by atoms with Gasteiger partial charge < -0.3 is 35.7 Å². The molecule has 1 saturated heterocycles. The number of aromatic nitrogens is 2. The summed E-state index contributed by atoms with van der Waals surface area (Å²) in [5, 5.41) is 17.3. The van der Waals surface area contributed by atoms with Crippen LogP contribution in [0.25, 0.3) is 10.9 Å². The molecule has 10 nitrogen and oxygen atoms in total. The Balaban J connectivity index is 1.41. The van der Waals surface area contributed by atoms with E-state index in [2.05, 4.69) is 25.6 Å². The average Bonchev–Trinajstić information content (AvgIpc) is 2.96. The van der Waals surface area contributed by atoms with Crippen LogP contribution in [-0.4, -0.2) is 54.3 Å². The highest BCUT2D eigenvalue weighted by molar-refractivity contribution is 5.92. The summed E-state index contributed by atoms with van der Waals surface area (Å²) in [7, 11) is 1.62. The summed E-state index contributed by atoms with van der Waals surface area (Å²) in [6.45, 7) is 8.76. The van der Waals surface area contributed by atoms with E-state index in [1.54, 1.807) is 13.3 Å². The molecule has 0 saturated carbocycles. The van der Waals surface area contributed by atoms with Crippen LogP contribution in [-0.2, 0) is 0 Å². The third-order valence-corrected chi connectivity index (χ3v) is 6.67. The number of nitrogens with one attached hydrogen (secondary N) is 2. The smallest absolute Gasteiger partial charge is 0.230 e. The van der Waals surface area contributed by atoms with Gasteiger partial charge >= 0.3 is 0 Å². The lowest BCUT2D eigenvalue weighted by molar-refractivity contribution is 0.208. The van der Waals surface area contributed by atoms with Gasteiger partial charge in [0.15, 0.2) is 11.5 Å². The summed E-state index contributed by atoms with van der Waals surface area (Å²) in [6, 6.07) is 11.3. The molecule has 3 aromatic rings. The number of allylic oxidation sites excluding steroid dienone is 1. The van der Waals surface area contributed by atoms with Crippen LogP contribution in [0.5, 0.6) is 23.1 Å². The maximum absolute atomic E-state index is 10.0. The molecule has 2 heterocycles. The predicted octanol–water partition coefficient (Wildman–Crippen LogP) is 5.58. The van der Waals surface area contributed by atoms with E-state index in [4.69, 9.17) is 19.9 Å². The zero-order valence-electron chi connectivity index (χ0n) is 24.2. The van der Waals surface area contributed by atoms with Gasteiger partial charge in [-0.2, -0.15) is 0 Å². The predicted molar refractivity (Wildman–Crippen MR) is 163 cm³/mol. The Kier molecular flexibility index (Phi) is 10.0. The molecule has 1 aliphatic rings. The second kappa shape index (κ2) is 13.8. The standard InChI is InChI=1S/C31H40N6O4/c1-31(2,3)28(38)18-29(32)35-12-6-11-34-22-7-5-8-23(15-22)41-30-24-16-26(39-4)27(17-25(24)36-20-37-30)40-19-21-9-13-33-14-10-21/h5-8,11,15-18,20-21,33-34,38H,9-10,12-14,19H2,1-4H3,(H2,32,35)/b11-6+,28-18-. The molecule has 0 radical (unpaired) electrons. The molecule has 218 valence electrons. The minimum Gasteiger partial charge on any atom is -0.512 e. The Bertz CT molecular complexity index is 1410. The second-order valence-electron chi connectivity index (χ2n) is 10.9. The normalized spacial score (nSPS) is 15.3. The molecule has 0 bridgehead atoms. The fourth-order valence-corrected chi connectivity index (χ4v) is 4.18. The molecule has 0 spiro atoms. The Labute approximate surface area is 241 Å². The number of aliphatic hydroxyl groups is 1. The molecule has 1 fully saturated rings. The number of aliphatic imine (C=N–C) groups is 1. The number of hydrogen-bond donors (Lipinski definition) is 4.